The standard InChI is InChI=1S/C7H13NS2/c1-2-6(8)5-7-9-3-4-10-7/h5-6H,2-4,8H2,1H3. The second kappa shape index (κ2) is 4.31. The van der Waals surface area contributed by atoms with Gasteiger partial charge in [-0.3, -0.25) is 0 Å². The topological polar surface area (TPSA) is 26.0 Å². The highest BCUT2D eigenvalue weighted by Gasteiger charge is 2.08. The minimum absolute atomic E-state index is 0.271. The van der Waals surface area contributed by atoms with E-state index < -0.39 is 0 Å². The van der Waals surface area contributed by atoms with E-state index in [1.165, 1.54) is 15.7 Å². The van der Waals surface area contributed by atoms with Crippen LogP contribution >= 0.6 is 23.5 Å². The normalized spacial score (nSPS) is 21.2. The minimum atomic E-state index is 0.271. The van der Waals surface area contributed by atoms with Crippen LogP contribution in [0.5, 0.6) is 0 Å². The predicted molar refractivity (Wildman–Crippen MR) is 51.3 cm³/mol. The lowest BCUT2D eigenvalue weighted by molar-refractivity contribution is 0.783. The van der Waals surface area contributed by atoms with Gasteiger partial charge in [0.2, 0.25) is 0 Å². The van der Waals surface area contributed by atoms with E-state index in [-0.39, 0.29) is 6.04 Å². The molecule has 1 saturated heterocycles. The maximum Gasteiger partial charge on any atom is 0.0376 e. The first-order chi connectivity index (χ1) is 4.83. The van der Waals surface area contributed by atoms with Crippen LogP contribution in [-0.4, -0.2) is 17.5 Å². The Morgan fingerprint density at radius 1 is 1.60 bits per heavy atom. The van der Waals surface area contributed by atoms with E-state index in [0.717, 1.165) is 6.42 Å². The average Bonchev–Trinajstić information content (AvgIpc) is 2.40. The highest BCUT2D eigenvalue weighted by molar-refractivity contribution is 8.25. The third-order valence-corrected chi connectivity index (χ3v) is 4.02. The Morgan fingerprint density at radius 3 is 2.70 bits per heavy atom. The van der Waals surface area contributed by atoms with Crippen LogP contribution in [0.15, 0.2) is 10.3 Å². The van der Waals surface area contributed by atoms with Gasteiger partial charge in [-0.2, -0.15) is 0 Å². The summed E-state index contributed by atoms with van der Waals surface area (Å²) in [4.78, 5) is 0. The number of thioether (sulfide) groups is 2. The van der Waals surface area contributed by atoms with E-state index in [0.29, 0.717) is 0 Å². The van der Waals surface area contributed by atoms with Crippen LogP contribution in [0, 0.1) is 0 Å². The van der Waals surface area contributed by atoms with Gasteiger partial charge < -0.3 is 5.73 Å². The molecule has 0 amide bonds. The van der Waals surface area contributed by atoms with E-state index in [2.05, 4.69) is 13.0 Å². The molecule has 0 saturated carbocycles. The molecule has 1 aliphatic rings. The van der Waals surface area contributed by atoms with Gasteiger partial charge in [0.15, 0.2) is 0 Å². The zero-order valence-corrected chi connectivity index (χ0v) is 7.80. The molecule has 1 heterocycles. The van der Waals surface area contributed by atoms with Crippen molar-refractivity contribution in [1.82, 2.24) is 0 Å². The molecule has 0 aromatic heterocycles. The second-order valence-corrected chi connectivity index (χ2v) is 4.79. The van der Waals surface area contributed by atoms with Gasteiger partial charge >= 0.3 is 0 Å². The molecule has 1 rings (SSSR count). The highest BCUT2D eigenvalue weighted by atomic mass is 32.2. The quantitative estimate of drug-likeness (QED) is 0.695. The first-order valence-electron chi connectivity index (χ1n) is 3.56. The summed E-state index contributed by atoms with van der Waals surface area (Å²) >= 11 is 3.86. The summed E-state index contributed by atoms with van der Waals surface area (Å²) in [6, 6.07) is 0.271. The number of nitrogens with two attached hydrogens (primary N) is 1. The second-order valence-electron chi connectivity index (χ2n) is 2.25. The Morgan fingerprint density at radius 2 is 2.20 bits per heavy atom. The number of rotatable bonds is 2. The van der Waals surface area contributed by atoms with Gasteiger partial charge in [-0.25, -0.2) is 0 Å². The number of hydrogen-bond donors (Lipinski definition) is 1. The minimum Gasteiger partial charge on any atom is -0.324 e. The maximum absolute atomic E-state index is 5.75. The van der Waals surface area contributed by atoms with E-state index in [1.807, 2.05) is 23.5 Å². The third kappa shape index (κ3) is 2.56. The SMILES string of the molecule is CCC(N)C=C1SCCS1. The van der Waals surface area contributed by atoms with Crippen LogP contribution in [0.3, 0.4) is 0 Å². The Labute approximate surface area is 70.8 Å². The monoisotopic (exact) mass is 175 g/mol. The highest BCUT2D eigenvalue weighted by Crippen LogP contribution is 2.36. The van der Waals surface area contributed by atoms with Crippen molar-refractivity contribution in [3.05, 3.63) is 10.3 Å². The van der Waals surface area contributed by atoms with Crippen molar-refractivity contribution >= 4 is 23.5 Å². The van der Waals surface area contributed by atoms with Crippen molar-refractivity contribution in [2.75, 3.05) is 11.5 Å². The van der Waals surface area contributed by atoms with Gasteiger partial charge in [-0.15, -0.1) is 23.5 Å². The summed E-state index contributed by atoms with van der Waals surface area (Å²) in [6.07, 6.45) is 3.23. The van der Waals surface area contributed by atoms with Gasteiger partial charge in [-0.05, 0) is 12.5 Å². The molecule has 1 fully saturated rings. The molecular weight excluding hydrogens is 162 g/mol. The molecule has 1 nitrogen and oxygen atoms in total. The molecular formula is C7H13NS2. The van der Waals surface area contributed by atoms with Gasteiger partial charge in [0.1, 0.15) is 0 Å². The van der Waals surface area contributed by atoms with Crippen molar-refractivity contribution in [3.8, 4) is 0 Å². The van der Waals surface area contributed by atoms with Crippen molar-refractivity contribution in [1.29, 1.82) is 0 Å². The Hall–Kier alpha value is 0.400. The van der Waals surface area contributed by atoms with Crippen LogP contribution < -0.4 is 5.73 Å². The third-order valence-electron chi connectivity index (χ3n) is 1.39. The zero-order chi connectivity index (χ0) is 7.40. The first-order valence-corrected chi connectivity index (χ1v) is 5.53. The molecule has 1 aliphatic heterocycles. The molecule has 2 N–H and O–H groups in total. The fourth-order valence-corrected chi connectivity index (χ4v) is 3.16. The van der Waals surface area contributed by atoms with Gasteiger partial charge in [0.25, 0.3) is 0 Å². The molecule has 10 heavy (non-hydrogen) atoms. The molecule has 0 spiro atoms. The Kier molecular flexibility index (Phi) is 3.66. The van der Waals surface area contributed by atoms with Crippen LogP contribution in [0.4, 0.5) is 0 Å². The van der Waals surface area contributed by atoms with E-state index in [4.69, 9.17) is 5.73 Å². The van der Waals surface area contributed by atoms with E-state index in [9.17, 15) is 0 Å². The van der Waals surface area contributed by atoms with Crippen molar-refractivity contribution in [3.63, 3.8) is 0 Å². The van der Waals surface area contributed by atoms with Crippen LogP contribution in [0.2, 0.25) is 0 Å². The molecule has 0 aliphatic carbocycles. The van der Waals surface area contributed by atoms with Gasteiger partial charge in [0, 0.05) is 21.8 Å². The lowest BCUT2D eigenvalue weighted by Gasteiger charge is -2.01. The van der Waals surface area contributed by atoms with Crippen LogP contribution in [0.25, 0.3) is 0 Å². The summed E-state index contributed by atoms with van der Waals surface area (Å²) in [5, 5.41) is 0. The maximum atomic E-state index is 5.75. The summed E-state index contributed by atoms with van der Waals surface area (Å²) in [7, 11) is 0. The summed E-state index contributed by atoms with van der Waals surface area (Å²) in [6.45, 7) is 2.12. The number of hydrogen-bond acceptors (Lipinski definition) is 3. The Bertz CT molecular complexity index is 126. The predicted octanol–water partition coefficient (Wildman–Crippen LogP) is 2.05. The van der Waals surface area contributed by atoms with Crippen molar-refractivity contribution in [2.45, 2.75) is 19.4 Å². The van der Waals surface area contributed by atoms with E-state index in [1.54, 1.807) is 0 Å². The van der Waals surface area contributed by atoms with Crippen LogP contribution in [0.1, 0.15) is 13.3 Å². The molecule has 0 aromatic rings. The van der Waals surface area contributed by atoms with Gasteiger partial charge in [0.05, 0.1) is 0 Å². The fraction of sp³-hybridized carbons (Fsp3) is 0.714. The molecule has 58 valence electrons. The molecule has 0 aromatic carbocycles. The zero-order valence-electron chi connectivity index (χ0n) is 6.17. The lowest BCUT2D eigenvalue weighted by atomic mass is 10.2. The molecule has 0 radical (unpaired) electrons. The molecule has 1 atom stereocenters. The van der Waals surface area contributed by atoms with Crippen molar-refractivity contribution in [2.24, 2.45) is 5.73 Å². The van der Waals surface area contributed by atoms with E-state index >= 15 is 0 Å². The summed E-state index contributed by atoms with van der Waals surface area (Å²) in [5.74, 6) is 2.51. The van der Waals surface area contributed by atoms with Crippen molar-refractivity contribution < 1.29 is 0 Å². The molecule has 3 heteroatoms. The summed E-state index contributed by atoms with van der Waals surface area (Å²) < 4.78 is 1.43. The lowest BCUT2D eigenvalue weighted by Crippen LogP contribution is -2.14. The largest absolute Gasteiger partial charge is 0.324 e. The molecule has 1 unspecified atom stereocenters. The Balaban J connectivity index is 2.37. The smallest absolute Gasteiger partial charge is 0.0376 e. The summed E-state index contributed by atoms with van der Waals surface area (Å²) in [5.41, 5.74) is 5.75. The van der Waals surface area contributed by atoms with Gasteiger partial charge in [-0.1, -0.05) is 6.92 Å². The average molecular weight is 175 g/mol. The fourth-order valence-electron chi connectivity index (χ4n) is 0.715. The first kappa shape index (κ1) is 8.50. The van der Waals surface area contributed by atoms with Crippen LogP contribution in [-0.2, 0) is 0 Å². The molecule has 0 bridgehead atoms.